The molecule has 246 valence electrons. The van der Waals surface area contributed by atoms with Crippen molar-refractivity contribution >= 4 is 47.0 Å². The van der Waals surface area contributed by atoms with Gasteiger partial charge in [0.1, 0.15) is 0 Å². The highest BCUT2D eigenvalue weighted by Crippen LogP contribution is 2.34. The second-order valence-electron chi connectivity index (χ2n) is 10.9. The molecule has 0 N–H and O–H groups in total. The van der Waals surface area contributed by atoms with E-state index in [1.165, 1.54) is 0 Å². The third-order valence-electron chi connectivity index (χ3n) is 7.79. The van der Waals surface area contributed by atoms with Gasteiger partial charge in [0.2, 0.25) is 0 Å². The maximum atomic E-state index is 5.12. The van der Waals surface area contributed by atoms with Crippen molar-refractivity contribution in [2.45, 2.75) is 19.6 Å². The zero-order valence-corrected chi connectivity index (χ0v) is 31.0. The van der Waals surface area contributed by atoms with Gasteiger partial charge in [-0.05, 0) is 110 Å². The first-order valence-corrected chi connectivity index (χ1v) is 20.5. The van der Waals surface area contributed by atoms with Gasteiger partial charge in [0.15, 0.2) is 0 Å². The number of aromatic nitrogens is 7. The van der Waals surface area contributed by atoms with Gasteiger partial charge in [-0.2, -0.15) is 0 Å². The van der Waals surface area contributed by atoms with Crippen molar-refractivity contribution in [2.75, 3.05) is 25.0 Å². The van der Waals surface area contributed by atoms with Crippen LogP contribution < -0.4 is 0 Å². The number of nitrogens with zero attached hydrogens (tertiary/aromatic N) is 7. The van der Waals surface area contributed by atoms with Gasteiger partial charge in [0, 0.05) is 32.0 Å². The third kappa shape index (κ3) is 7.61. The first kappa shape index (κ1) is 33.9. The highest BCUT2D eigenvalue weighted by molar-refractivity contribution is 7.99. The molecular formula is C39H31N7S4. The fourth-order valence-corrected chi connectivity index (χ4v) is 7.13. The molecular weight excluding hydrogens is 695 g/mol. The molecule has 7 nitrogen and oxygen atoms in total. The molecule has 0 saturated carbocycles. The van der Waals surface area contributed by atoms with Gasteiger partial charge in [-0.25, -0.2) is 24.9 Å². The van der Waals surface area contributed by atoms with Crippen LogP contribution in [0.1, 0.15) is 0 Å². The van der Waals surface area contributed by atoms with E-state index < -0.39 is 0 Å². The summed E-state index contributed by atoms with van der Waals surface area (Å²) in [7, 11) is 0. The van der Waals surface area contributed by atoms with Crippen molar-refractivity contribution in [3.8, 4) is 68.3 Å². The highest BCUT2D eigenvalue weighted by atomic mass is 32.2. The summed E-state index contributed by atoms with van der Waals surface area (Å²) in [6, 6.07) is 34.3. The van der Waals surface area contributed by atoms with Crippen LogP contribution in [0.15, 0.2) is 135 Å². The predicted octanol–water partition coefficient (Wildman–Crippen LogP) is 10.3. The number of rotatable bonds is 10. The van der Waals surface area contributed by atoms with Gasteiger partial charge >= 0.3 is 0 Å². The normalized spacial score (nSPS) is 11.1. The van der Waals surface area contributed by atoms with E-state index in [4.69, 9.17) is 24.9 Å². The SMILES string of the molecule is CSc1cc(-c2ccccn2)nc(-c2cc(SC)cc(-c3cccc(-c4cc(SC)cc(-c5cc(SC)cc(-c6ccccn6)n5)n4)n3)n2)c1. The second-order valence-corrected chi connectivity index (χ2v) is 14.5. The Morgan fingerprint density at radius 2 is 0.560 bits per heavy atom. The van der Waals surface area contributed by atoms with Crippen molar-refractivity contribution in [1.29, 1.82) is 0 Å². The standard InChI is InChI=1S/C39H31N7S4/c1-47-24-16-32(28-10-5-7-14-40-28)43-36(20-24)38-22-26(49-3)18-34(45-38)30-12-9-13-31(42-30)35-19-27(50-4)23-39(46-35)37-21-25(48-2)17-33(44-37)29-11-6-8-15-41-29/h5-23H,1-4H3. The summed E-state index contributed by atoms with van der Waals surface area (Å²) < 4.78 is 0. The van der Waals surface area contributed by atoms with Crippen LogP contribution in [-0.2, 0) is 0 Å². The van der Waals surface area contributed by atoms with Gasteiger partial charge < -0.3 is 0 Å². The summed E-state index contributed by atoms with van der Waals surface area (Å²) in [6.07, 6.45) is 11.8. The molecule has 11 heteroatoms. The molecule has 7 aromatic rings. The summed E-state index contributed by atoms with van der Waals surface area (Å²) >= 11 is 6.67. The molecule has 0 aliphatic heterocycles. The average molecular weight is 726 g/mol. The molecule has 0 spiro atoms. The van der Waals surface area contributed by atoms with E-state index >= 15 is 0 Å². The van der Waals surface area contributed by atoms with Crippen molar-refractivity contribution in [3.05, 3.63) is 116 Å². The largest absolute Gasteiger partial charge is 0.255 e. The quantitative estimate of drug-likeness (QED) is 0.126. The van der Waals surface area contributed by atoms with Crippen LogP contribution in [0.4, 0.5) is 0 Å². The lowest BCUT2D eigenvalue weighted by Gasteiger charge is -2.12. The van der Waals surface area contributed by atoms with E-state index in [2.05, 4.69) is 83.5 Å². The Kier molecular flexibility index (Phi) is 10.6. The van der Waals surface area contributed by atoms with E-state index in [0.29, 0.717) is 0 Å². The summed E-state index contributed by atoms with van der Waals surface area (Å²) in [6.45, 7) is 0. The van der Waals surface area contributed by atoms with Gasteiger partial charge in [0.05, 0.1) is 68.3 Å². The maximum absolute atomic E-state index is 5.12. The number of pyridine rings is 7. The molecule has 0 atom stereocenters. The Morgan fingerprint density at radius 1 is 0.300 bits per heavy atom. The van der Waals surface area contributed by atoms with Gasteiger partial charge in [0.25, 0.3) is 0 Å². The Hall–Kier alpha value is -4.55. The van der Waals surface area contributed by atoms with Crippen LogP contribution in [-0.4, -0.2) is 59.9 Å². The third-order valence-corrected chi connectivity index (χ3v) is 10.6. The molecule has 7 rings (SSSR count). The molecule has 0 saturated heterocycles. The molecule has 0 aliphatic rings. The second kappa shape index (κ2) is 15.6. The smallest absolute Gasteiger partial charge is 0.0906 e. The molecule has 0 radical (unpaired) electrons. The minimum atomic E-state index is 0.753. The van der Waals surface area contributed by atoms with Crippen LogP contribution in [0.5, 0.6) is 0 Å². The van der Waals surface area contributed by atoms with E-state index in [-0.39, 0.29) is 0 Å². The van der Waals surface area contributed by atoms with E-state index in [0.717, 1.165) is 87.9 Å². The number of hydrogen-bond donors (Lipinski definition) is 0. The monoisotopic (exact) mass is 725 g/mol. The Morgan fingerprint density at radius 3 is 0.840 bits per heavy atom. The van der Waals surface area contributed by atoms with E-state index in [1.807, 2.05) is 54.6 Å². The molecule has 7 heterocycles. The van der Waals surface area contributed by atoms with Crippen LogP contribution in [0.2, 0.25) is 0 Å². The molecule has 0 aromatic carbocycles. The zero-order valence-electron chi connectivity index (χ0n) is 27.7. The Bertz CT molecular complexity index is 2130. The van der Waals surface area contributed by atoms with Crippen LogP contribution in [0.25, 0.3) is 68.3 Å². The Balaban J connectivity index is 1.30. The van der Waals surface area contributed by atoms with Gasteiger partial charge in [-0.3, -0.25) is 9.97 Å². The summed E-state index contributed by atoms with van der Waals surface area (Å²) in [4.78, 5) is 38.7. The first-order valence-electron chi connectivity index (χ1n) is 15.6. The van der Waals surface area contributed by atoms with Crippen LogP contribution >= 0.6 is 47.0 Å². The number of hydrogen-bond acceptors (Lipinski definition) is 11. The summed E-state index contributed by atoms with van der Waals surface area (Å²) in [5, 5.41) is 0. The van der Waals surface area contributed by atoms with Crippen LogP contribution in [0, 0.1) is 0 Å². The molecule has 0 unspecified atom stereocenters. The topological polar surface area (TPSA) is 90.2 Å². The van der Waals surface area contributed by atoms with Gasteiger partial charge in [-0.1, -0.05) is 18.2 Å². The van der Waals surface area contributed by atoms with Gasteiger partial charge in [-0.15, -0.1) is 47.0 Å². The average Bonchev–Trinajstić information content (AvgIpc) is 3.20. The van der Waals surface area contributed by atoms with Crippen molar-refractivity contribution in [3.63, 3.8) is 0 Å². The lowest BCUT2D eigenvalue weighted by atomic mass is 10.1. The van der Waals surface area contributed by atoms with E-state index in [1.54, 1.807) is 59.4 Å². The summed E-state index contributed by atoms with van der Waals surface area (Å²) in [5.74, 6) is 0. The van der Waals surface area contributed by atoms with Crippen molar-refractivity contribution in [1.82, 2.24) is 34.9 Å². The molecule has 50 heavy (non-hydrogen) atoms. The highest BCUT2D eigenvalue weighted by Gasteiger charge is 2.16. The molecule has 0 aliphatic carbocycles. The lowest BCUT2D eigenvalue weighted by molar-refractivity contribution is 1.15. The fourth-order valence-electron chi connectivity index (χ4n) is 5.29. The number of thioether (sulfide) groups is 4. The molecule has 0 fully saturated rings. The lowest BCUT2D eigenvalue weighted by Crippen LogP contribution is -1.98. The summed E-state index contributed by atoms with van der Waals surface area (Å²) in [5.41, 5.74) is 9.43. The maximum Gasteiger partial charge on any atom is 0.0906 e. The van der Waals surface area contributed by atoms with Crippen molar-refractivity contribution < 1.29 is 0 Å². The minimum absolute atomic E-state index is 0.753. The molecule has 7 aromatic heterocycles. The first-order chi connectivity index (χ1) is 24.5. The van der Waals surface area contributed by atoms with E-state index in [9.17, 15) is 0 Å². The predicted molar refractivity (Wildman–Crippen MR) is 211 cm³/mol. The zero-order chi connectivity index (χ0) is 34.5. The van der Waals surface area contributed by atoms with Crippen molar-refractivity contribution in [2.24, 2.45) is 0 Å². The molecule has 0 amide bonds. The Labute approximate surface area is 308 Å². The molecule has 0 bridgehead atoms. The fraction of sp³-hybridized carbons (Fsp3) is 0.103. The van der Waals surface area contributed by atoms with Crippen LogP contribution in [0.3, 0.4) is 0 Å². The minimum Gasteiger partial charge on any atom is -0.255 e.